The number of hydrogen-bond acceptors (Lipinski definition) is 7. The number of amides is 1. The maximum absolute atomic E-state index is 12.5. The van der Waals surface area contributed by atoms with E-state index < -0.39 is 5.76 Å². The molecule has 1 amide bonds. The van der Waals surface area contributed by atoms with E-state index in [1.54, 1.807) is 12.1 Å². The molecular weight excluding hydrogens is 364 g/mol. The van der Waals surface area contributed by atoms with E-state index in [0.717, 1.165) is 43.8 Å². The molecule has 0 bridgehead atoms. The van der Waals surface area contributed by atoms with Gasteiger partial charge in [0.2, 0.25) is 5.91 Å². The maximum atomic E-state index is 12.5. The number of nitrogens with zero attached hydrogens (tertiary/aromatic N) is 3. The van der Waals surface area contributed by atoms with E-state index in [-0.39, 0.29) is 23.9 Å². The van der Waals surface area contributed by atoms with Crippen LogP contribution in [0.25, 0.3) is 11.7 Å². The summed E-state index contributed by atoms with van der Waals surface area (Å²) in [5.74, 6) is -0.508. The lowest BCUT2D eigenvalue weighted by atomic mass is 9.79. The van der Waals surface area contributed by atoms with Crippen molar-refractivity contribution in [2.24, 2.45) is 0 Å². The van der Waals surface area contributed by atoms with E-state index in [0.29, 0.717) is 12.3 Å². The summed E-state index contributed by atoms with van der Waals surface area (Å²) in [7, 11) is 0. The quantitative estimate of drug-likeness (QED) is 0.792. The molecule has 2 aliphatic rings. The molecule has 0 radical (unpaired) electrons. The summed E-state index contributed by atoms with van der Waals surface area (Å²) in [5, 5.41) is 7.07. The Morgan fingerprint density at radius 2 is 2.00 bits per heavy atom. The van der Waals surface area contributed by atoms with Crippen LogP contribution in [0.1, 0.15) is 32.1 Å². The van der Waals surface area contributed by atoms with Gasteiger partial charge in [0.05, 0.1) is 19.5 Å². The van der Waals surface area contributed by atoms with E-state index in [1.165, 1.54) is 25.5 Å². The fraction of sp³-hybridized carbons (Fsp3) is 0.632. The van der Waals surface area contributed by atoms with Gasteiger partial charge >= 0.3 is 5.76 Å². The van der Waals surface area contributed by atoms with Gasteiger partial charge in [-0.3, -0.25) is 9.69 Å². The zero-order chi connectivity index (χ0) is 19.4. The van der Waals surface area contributed by atoms with Crippen LogP contribution in [0.2, 0.25) is 0 Å². The predicted octanol–water partition coefficient (Wildman–Crippen LogP) is 1.25. The monoisotopic (exact) mass is 390 g/mol. The Morgan fingerprint density at radius 1 is 1.21 bits per heavy atom. The molecule has 0 unspecified atom stereocenters. The molecule has 2 fully saturated rings. The molecule has 0 spiro atoms. The molecule has 1 N–H and O–H groups in total. The first-order valence-electron chi connectivity index (χ1n) is 9.88. The van der Waals surface area contributed by atoms with Gasteiger partial charge < -0.3 is 18.9 Å². The zero-order valence-electron chi connectivity index (χ0n) is 15.9. The van der Waals surface area contributed by atoms with Crippen molar-refractivity contribution in [2.75, 3.05) is 32.8 Å². The summed E-state index contributed by atoms with van der Waals surface area (Å²) < 4.78 is 16.8. The molecule has 3 heterocycles. The first-order chi connectivity index (χ1) is 13.7. The topological polar surface area (TPSA) is 103 Å². The number of furan rings is 1. The second kappa shape index (κ2) is 8.32. The summed E-state index contributed by atoms with van der Waals surface area (Å²) in [5.41, 5.74) is -0.0220. The average Bonchev–Trinajstić information content (AvgIpc) is 3.38. The number of aromatic nitrogens is 2. The Bertz CT molecular complexity index is 829. The van der Waals surface area contributed by atoms with E-state index >= 15 is 0 Å². The standard InChI is InChI=1S/C19H26N4O5/c24-16(13-23-18(25)28-17(21-23)15-5-4-10-27-15)20-14-19(6-2-1-3-7-19)22-8-11-26-12-9-22/h4-5,10H,1-3,6-9,11-14H2,(H,20,24). The highest BCUT2D eigenvalue weighted by atomic mass is 16.5. The summed E-state index contributed by atoms with van der Waals surface area (Å²) >= 11 is 0. The second-order valence-electron chi connectivity index (χ2n) is 7.47. The van der Waals surface area contributed by atoms with Crippen molar-refractivity contribution >= 4 is 5.91 Å². The minimum Gasteiger partial charge on any atom is -0.459 e. The zero-order valence-corrected chi connectivity index (χ0v) is 15.9. The smallest absolute Gasteiger partial charge is 0.437 e. The third-order valence-corrected chi connectivity index (χ3v) is 5.71. The van der Waals surface area contributed by atoms with Crippen molar-refractivity contribution in [3.05, 3.63) is 28.9 Å². The highest BCUT2D eigenvalue weighted by molar-refractivity contribution is 5.75. The van der Waals surface area contributed by atoms with Crippen molar-refractivity contribution in [2.45, 2.75) is 44.2 Å². The average molecular weight is 390 g/mol. The van der Waals surface area contributed by atoms with Crippen LogP contribution < -0.4 is 11.1 Å². The van der Waals surface area contributed by atoms with Crippen molar-refractivity contribution < 1.29 is 18.4 Å². The molecular formula is C19H26N4O5. The van der Waals surface area contributed by atoms with E-state index in [2.05, 4.69) is 15.3 Å². The first kappa shape index (κ1) is 18.9. The number of nitrogens with one attached hydrogen (secondary N) is 1. The molecule has 0 atom stereocenters. The molecule has 9 nitrogen and oxygen atoms in total. The molecule has 1 saturated carbocycles. The number of hydrogen-bond donors (Lipinski definition) is 1. The first-order valence-corrected chi connectivity index (χ1v) is 9.88. The summed E-state index contributed by atoms with van der Waals surface area (Å²) in [6.45, 7) is 3.65. The van der Waals surface area contributed by atoms with Crippen LogP contribution in [0.3, 0.4) is 0 Å². The molecule has 2 aromatic rings. The van der Waals surface area contributed by atoms with Crippen LogP contribution >= 0.6 is 0 Å². The Labute approximate surface area is 162 Å². The van der Waals surface area contributed by atoms with Gasteiger partial charge in [-0.15, -0.1) is 5.10 Å². The minimum absolute atomic E-state index is 0.0220. The molecule has 0 aromatic carbocycles. The van der Waals surface area contributed by atoms with Crippen molar-refractivity contribution in [3.8, 4) is 11.7 Å². The third-order valence-electron chi connectivity index (χ3n) is 5.71. The predicted molar refractivity (Wildman–Crippen MR) is 99.7 cm³/mol. The van der Waals surface area contributed by atoms with Crippen LogP contribution in [0.4, 0.5) is 0 Å². The maximum Gasteiger partial charge on any atom is 0.437 e. The third kappa shape index (κ3) is 4.05. The number of carbonyl (C=O) groups excluding carboxylic acids is 1. The number of ether oxygens (including phenoxy) is 1. The van der Waals surface area contributed by atoms with Crippen molar-refractivity contribution in [1.29, 1.82) is 0 Å². The molecule has 152 valence electrons. The lowest BCUT2D eigenvalue weighted by molar-refractivity contribution is -0.123. The summed E-state index contributed by atoms with van der Waals surface area (Å²) in [6.07, 6.45) is 7.19. The van der Waals surface area contributed by atoms with Gasteiger partial charge in [-0.2, -0.15) is 4.68 Å². The van der Waals surface area contributed by atoms with Gasteiger partial charge in [-0.1, -0.05) is 19.3 Å². The second-order valence-corrected chi connectivity index (χ2v) is 7.47. The highest BCUT2D eigenvalue weighted by Crippen LogP contribution is 2.33. The van der Waals surface area contributed by atoms with Gasteiger partial charge in [-0.25, -0.2) is 4.79 Å². The molecule has 4 rings (SSSR count). The number of rotatable bonds is 6. The largest absolute Gasteiger partial charge is 0.459 e. The van der Waals surface area contributed by atoms with Crippen LogP contribution in [-0.2, 0) is 16.1 Å². The van der Waals surface area contributed by atoms with Crippen LogP contribution in [-0.4, -0.2) is 59.0 Å². The Kier molecular flexibility index (Phi) is 5.63. The van der Waals surface area contributed by atoms with Crippen LogP contribution in [0, 0.1) is 0 Å². The van der Waals surface area contributed by atoms with E-state index in [9.17, 15) is 9.59 Å². The number of carbonyl (C=O) groups is 1. The molecule has 1 aliphatic carbocycles. The number of morpholine rings is 1. The van der Waals surface area contributed by atoms with Gasteiger partial charge in [-0.05, 0) is 25.0 Å². The Hall–Kier alpha value is -2.39. The SMILES string of the molecule is O=C(Cn1nc(-c2ccco2)oc1=O)NCC1(N2CCOCC2)CCCCC1. The lowest BCUT2D eigenvalue weighted by Crippen LogP contribution is -2.59. The fourth-order valence-electron chi connectivity index (χ4n) is 4.21. The molecule has 9 heteroatoms. The minimum atomic E-state index is -0.679. The molecule has 1 aliphatic heterocycles. The molecule has 2 aromatic heterocycles. The lowest BCUT2D eigenvalue weighted by Gasteiger charge is -2.48. The van der Waals surface area contributed by atoms with Crippen molar-refractivity contribution in [3.63, 3.8) is 0 Å². The van der Waals surface area contributed by atoms with Gasteiger partial charge in [0.25, 0.3) is 5.89 Å². The van der Waals surface area contributed by atoms with E-state index in [4.69, 9.17) is 13.6 Å². The molecule has 28 heavy (non-hydrogen) atoms. The Balaban J connectivity index is 1.39. The van der Waals surface area contributed by atoms with Crippen LogP contribution in [0.15, 0.2) is 32.0 Å². The van der Waals surface area contributed by atoms with E-state index in [1.807, 2.05) is 0 Å². The van der Waals surface area contributed by atoms with Crippen molar-refractivity contribution in [1.82, 2.24) is 20.0 Å². The van der Waals surface area contributed by atoms with Gasteiger partial charge in [0.15, 0.2) is 5.76 Å². The highest BCUT2D eigenvalue weighted by Gasteiger charge is 2.38. The summed E-state index contributed by atoms with van der Waals surface area (Å²) in [6, 6.07) is 3.32. The molecule has 1 saturated heterocycles. The fourth-order valence-corrected chi connectivity index (χ4v) is 4.21. The Morgan fingerprint density at radius 3 is 2.71 bits per heavy atom. The van der Waals surface area contributed by atoms with Gasteiger partial charge in [0, 0.05) is 25.2 Å². The van der Waals surface area contributed by atoms with Crippen LogP contribution in [0.5, 0.6) is 0 Å². The summed E-state index contributed by atoms with van der Waals surface area (Å²) in [4.78, 5) is 27.0. The normalized spacial score (nSPS) is 20.1. The van der Waals surface area contributed by atoms with Gasteiger partial charge in [0.1, 0.15) is 6.54 Å².